The van der Waals surface area contributed by atoms with Crippen molar-refractivity contribution in [2.45, 2.75) is 56.6 Å². The second-order valence-electron chi connectivity index (χ2n) is 10.5. The number of nitrogens with two attached hydrogens (primary N) is 1. The van der Waals surface area contributed by atoms with Gasteiger partial charge in [-0.2, -0.15) is 0 Å². The third-order valence-corrected chi connectivity index (χ3v) is 10.1. The molecule has 14 heteroatoms. The minimum atomic E-state index is -1.02. The van der Waals surface area contributed by atoms with E-state index in [1.54, 1.807) is 24.8 Å². The van der Waals surface area contributed by atoms with Gasteiger partial charge in [-0.25, -0.2) is 4.79 Å². The highest BCUT2D eigenvalue weighted by Gasteiger charge is 2.72. The lowest BCUT2D eigenvalue weighted by Gasteiger charge is -2.39. The number of fused-ring (bicyclic) bond motifs is 4. The van der Waals surface area contributed by atoms with Gasteiger partial charge in [0.2, 0.25) is 11.6 Å². The van der Waals surface area contributed by atoms with Crippen LogP contribution in [0.25, 0.3) is 0 Å². The molecular formula is C24H35N5O7S2. The van der Waals surface area contributed by atoms with Crippen LogP contribution >= 0.6 is 21.6 Å². The van der Waals surface area contributed by atoms with Gasteiger partial charge >= 0.3 is 12.1 Å². The molecule has 3 aliphatic heterocycles. The Morgan fingerprint density at radius 1 is 1.32 bits per heavy atom. The van der Waals surface area contributed by atoms with Gasteiger partial charge in [0, 0.05) is 47.9 Å². The maximum absolute atomic E-state index is 14.0. The smallest absolute Gasteiger partial charge is 0.404 e. The number of ether oxygens (including phenoxy) is 2. The molecule has 0 saturated carbocycles. The SMILES string of the molecule is CN[C@@H](CSSCCC(C)(C)NC1=C(C)C(=O)C2=C(C1=O)[C@@H](COC(N)=O)[C@@]1(OC)[C@H]3N[C@H]3CN21)C(=O)O. The number of carbonyl (C=O) groups is 4. The summed E-state index contributed by atoms with van der Waals surface area (Å²) in [6.07, 6.45) is -0.307. The van der Waals surface area contributed by atoms with E-state index in [0.717, 1.165) is 0 Å². The fraction of sp³-hybridized carbons (Fsp3) is 0.667. The minimum absolute atomic E-state index is 0.105. The Balaban J connectivity index is 1.49. The van der Waals surface area contributed by atoms with Crippen molar-refractivity contribution >= 4 is 45.2 Å². The van der Waals surface area contributed by atoms with Crippen LogP contribution in [0.4, 0.5) is 4.79 Å². The first-order chi connectivity index (χ1) is 17.9. The maximum atomic E-state index is 14.0. The van der Waals surface area contributed by atoms with Crippen LogP contribution in [0.3, 0.4) is 0 Å². The molecule has 5 atom stereocenters. The van der Waals surface area contributed by atoms with Crippen LogP contribution in [-0.2, 0) is 23.9 Å². The van der Waals surface area contributed by atoms with Crippen LogP contribution in [0.2, 0.25) is 0 Å². The van der Waals surface area contributed by atoms with Crippen molar-refractivity contribution in [3.05, 3.63) is 22.5 Å². The Morgan fingerprint density at radius 2 is 2.03 bits per heavy atom. The quantitative estimate of drug-likeness (QED) is 0.0879. The summed E-state index contributed by atoms with van der Waals surface area (Å²) in [5, 5.41) is 18.6. The number of rotatable bonds is 13. The molecule has 0 aromatic rings. The Bertz CT molecular complexity index is 1110. The highest BCUT2D eigenvalue weighted by atomic mass is 33.1. The van der Waals surface area contributed by atoms with E-state index in [9.17, 15) is 19.2 Å². The van der Waals surface area contributed by atoms with Gasteiger partial charge in [-0.1, -0.05) is 21.6 Å². The van der Waals surface area contributed by atoms with E-state index < -0.39 is 35.3 Å². The number of methoxy groups -OCH3 is 1. The van der Waals surface area contributed by atoms with E-state index in [0.29, 0.717) is 35.7 Å². The van der Waals surface area contributed by atoms with Crippen LogP contribution < -0.4 is 21.7 Å². The fourth-order valence-corrected chi connectivity index (χ4v) is 8.15. The average molecular weight is 570 g/mol. The van der Waals surface area contributed by atoms with Gasteiger partial charge in [-0.05, 0) is 34.2 Å². The van der Waals surface area contributed by atoms with Gasteiger partial charge in [-0.15, -0.1) is 0 Å². The molecule has 210 valence electrons. The van der Waals surface area contributed by atoms with Crippen molar-refractivity contribution in [1.82, 2.24) is 20.9 Å². The Labute approximate surface area is 229 Å². The lowest BCUT2D eigenvalue weighted by atomic mass is 9.82. The van der Waals surface area contributed by atoms with Gasteiger partial charge in [0.05, 0.1) is 23.4 Å². The van der Waals surface area contributed by atoms with Gasteiger partial charge in [0.25, 0.3) is 0 Å². The molecule has 0 spiro atoms. The number of Topliss-reactive ketones (excluding diaryl/α,β-unsaturated/α-hetero) is 2. The molecule has 1 aliphatic carbocycles. The number of piperazine rings is 1. The number of aliphatic carboxylic acids is 1. The lowest BCUT2D eigenvalue weighted by molar-refractivity contribution is -0.138. The third kappa shape index (κ3) is 4.92. The molecule has 38 heavy (non-hydrogen) atoms. The second kappa shape index (κ2) is 10.7. The molecular weight excluding hydrogens is 534 g/mol. The molecule has 12 nitrogen and oxygen atoms in total. The molecule has 2 saturated heterocycles. The summed E-state index contributed by atoms with van der Waals surface area (Å²) in [6.45, 7) is 5.87. The van der Waals surface area contributed by atoms with Crippen LogP contribution in [0.5, 0.6) is 0 Å². The third-order valence-electron chi connectivity index (χ3n) is 7.67. The average Bonchev–Trinajstić information content (AvgIpc) is 3.46. The van der Waals surface area contributed by atoms with E-state index in [2.05, 4.69) is 16.0 Å². The van der Waals surface area contributed by atoms with Crippen molar-refractivity contribution in [2.75, 3.05) is 38.8 Å². The summed E-state index contributed by atoms with van der Waals surface area (Å²) >= 11 is 0. The Morgan fingerprint density at radius 3 is 2.63 bits per heavy atom. The molecule has 2 fully saturated rings. The zero-order valence-corrected chi connectivity index (χ0v) is 23.7. The minimum Gasteiger partial charge on any atom is -0.480 e. The summed E-state index contributed by atoms with van der Waals surface area (Å²) in [4.78, 5) is 52.2. The number of amides is 1. The molecule has 0 unspecified atom stereocenters. The number of nitrogens with one attached hydrogen (secondary N) is 3. The molecule has 0 bridgehead atoms. The molecule has 4 rings (SSSR count). The monoisotopic (exact) mass is 569 g/mol. The number of hydrogen-bond acceptors (Lipinski definition) is 12. The Kier molecular flexibility index (Phi) is 8.11. The number of allylic oxidation sites excluding steroid dienone is 2. The van der Waals surface area contributed by atoms with Crippen LogP contribution in [-0.4, -0.2) is 102 Å². The zero-order chi connectivity index (χ0) is 28.0. The standard InChI is InChI=1S/C24H35N5O7S2/c1-11-16(28-23(2,3)6-7-37-38-10-14(26-4)21(32)33)19(31)15-12(9-36-22(25)34)24(35-5)20-13(27-20)8-29(24)17(15)18(11)30/h12-14,20,26-28H,6-10H2,1-5H3,(H2,25,34)(H,32,33)/t12-,13+,14+,20+,24-/m1/s1. The van der Waals surface area contributed by atoms with Gasteiger partial charge in [0.1, 0.15) is 12.6 Å². The molecule has 3 heterocycles. The van der Waals surface area contributed by atoms with Gasteiger partial charge in [0.15, 0.2) is 5.72 Å². The largest absolute Gasteiger partial charge is 0.480 e. The second-order valence-corrected chi connectivity index (χ2v) is 13.1. The topological polar surface area (TPSA) is 182 Å². The lowest BCUT2D eigenvalue weighted by Crippen LogP contribution is -2.55. The number of ketones is 2. The summed E-state index contributed by atoms with van der Waals surface area (Å²) in [5.41, 5.74) is 4.85. The molecule has 1 amide bonds. The summed E-state index contributed by atoms with van der Waals surface area (Å²) in [7, 11) is 6.17. The highest BCUT2D eigenvalue weighted by Crippen LogP contribution is 2.55. The number of nitrogens with zero attached hydrogens (tertiary/aromatic N) is 1. The predicted octanol–water partition coefficient (Wildman–Crippen LogP) is 0.202. The number of carboxylic acid groups (broad SMARTS) is 1. The first-order valence-electron chi connectivity index (χ1n) is 12.4. The number of carboxylic acids is 1. The van der Waals surface area contributed by atoms with Crippen molar-refractivity contribution in [2.24, 2.45) is 11.7 Å². The number of carbonyl (C=O) groups excluding carboxylic acids is 3. The van der Waals surface area contributed by atoms with Crippen LogP contribution in [0.15, 0.2) is 22.5 Å². The van der Waals surface area contributed by atoms with Crippen molar-refractivity contribution in [3.63, 3.8) is 0 Å². The molecule has 6 N–H and O–H groups in total. The van der Waals surface area contributed by atoms with Crippen molar-refractivity contribution < 1.29 is 33.8 Å². The molecule has 0 radical (unpaired) electrons. The Hall–Kier alpha value is -2.26. The van der Waals surface area contributed by atoms with Gasteiger partial charge < -0.3 is 41.2 Å². The number of primary amides is 1. The number of likely N-dealkylation sites (N-methyl/N-ethyl adjacent to an activating group) is 1. The van der Waals surface area contributed by atoms with Crippen molar-refractivity contribution in [3.8, 4) is 0 Å². The van der Waals surface area contributed by atoms with E-state index in [1.807, 2.05) is 18.7 Å². The first-order valence-corrected chi connectivity index (χ1v) is 14.9. The first kappa shape index (κ1) is 28.7. The van der Waals surface area contributed by atoms with E-state index in [1.165, 1.54) is 17.9 Å². The normalized spacial score (nSPS) is 28.8. The molecule has 4 aliphatic rings. The van der Waals surface area contributed by atoms with E-state index in [-0.39, 0.29) is 41.5 Å². The summed E-state index contributed by atoms with van der Waals surface area (Å²) in [6, 6.07) is -0.601. The number of hydrogen-bond donors (Lipinski definition) is 5. The van der Waals surface area contributed by atoms with E-state index in [4.69, 9.17) is 20.3 Å². The summed E-state index contributed by atoms with van der Waals surface area (Å²) < 4.78 is 11.2. The maximum Gasteiger partial charge on any atom is 0.404 e. The summed E-state index contributed by atoms with van der Waals surface area (Å²) in [5.74, 6) is -1.03. The molecule has 0 aromatic carbocycles. The zero-order valence-electron chi connectivity index (χ0n) is 22.1. The fourth-order valence-electron chi connectivity index (χ4n) is 5.59. The van der Waals surface area contributed by atoms with Crippen LogP contribution in [0.1, 0.15) is 27.2 Å². The van der Waals surface area contributed by atoms with E-state index >= 15 is 0 Å². The van der Waals surface area contributed by atoms with Crippen LogP contribution in [0, 0.1) is 5.92 Å². The molecule has 0 aromatic heterocycles. The predicted molar refractivity (Wildman–Crippen MR) is 143 cm³/mol. The highest BCUT2D eigenvalue weighted by molar-refractivity contribution is 8.76. The van der Waals surface area contributed by atoms with Crippen molar-refractivity contribution in [1.29, 1.82) is 0 Å². The van der Waals surface area contributed by atoms with Gasteiger partial charge in [-0.3, -0.25) is 14.4 Å².